The smallest absolute Gasteiger partial charge is 0.0348 e. The first kappa shape index (κ1) is 16.5. The van der Waals surface area contributed by atoms with Gasteiger partial charge in [0, 0.05) is 6.04 Å². The Morgan fingerprint density at radius 2 is 1.81 bits per heavy atom. The van der Waals surface area contributed by atoms with E-state index in [0.717, 1.165) is 18.4 Å². The number of nitrogens with one attached hydrogen (secondary N) is 1. The van der Waals surface area contributed by atoms with Crippen LogP contribution >= 0.6 is 0 Å². The summed E-state index contributed by atoms with van der Waals surface area (Å²) < 4.78 is 0. The topological polar surface area (TPSA) is 12.0 Å². The molecule has 0 aromatic heterocycles. The van der Waals surface area contributed by atoms with Crippen molar-refractivity contribution in [3.63, 3.8) is 0 Å². The van der Waals surface area contributed by atoms with Gasteiger partial charge in [-0.3, -0.25) is 0 Å². The molecule has 2 rings (SSSR count). The Morgan fingerprint density at radius 1 is 1.10 bits per heavy atom. The Bertz CT molecular complexity index is 402. The van der Waals surface area contributed by atoms with Crippen LogP contribution in [0.5, 0.6) is 0 Å². The van der Waals surface area contributed by atoms with Crippen molar-refractivity contribution >= 4 is 0 Å². The van der Waals surface area contributed by atoms with Gasteiger partial charge >= 0.3 is 0 Å². The molecule has 1 heteroatoms. The second-order valence-corrected chi connectivity index (χ2v) is 7.13. The summed E-state index contributed by atoms with van der Waals surface area (Å²) in [6, 6.07) is 9.90. The Morgan fingerprint density at radius 3 is 2.43 bits per heavy atom. The fourth-order valence-electron chi connectivity index (χ4n) is 3.81. The highest BCUT2D eigenvalue weighted by Gasteiger charge is 2.23. The standard InChI is InChI=1S/C20H33N/c1-4-21-20(18-11-7-5-6-8-12-18)19-13-9-10-17(15-19)14-16(2)3/h9-10,13,15-16,18,20-21H,4-8,11-12,14H2,1-3H3. The van der Waals surface area contributed by atoms with Gasteiger partial charge in [-0.1, -0.05) is 70.7 Å². The summed E-state index contributed by atoms with van der Waals surface area (Å²) in [5.41, 5.74) is 3.01. The van der Waals surface area contributed by atoms with Crippen molar-refractivity contribution in [1.29, 1.82) is 0 Å². The largest absolute Gasteiger partial charge is 0.310 e. The van der Waals surface area contributed by atoms with Gasteiger partial charge in [0.15, 0.2) is 0 Å². The van der Waals surface area contributed by atoms with Crippen molar-refractivity contribution < 1.29 is 0 Å². The summed E-state index contributed by atoms with van der Waals surface area (Å²) in [6.07, 6.45) is 9.68. The van der Waals surface area contributed by atoms with Crippen LogP contribution in [0.2, 0.25) is 0 Å². The summed E-state index contributed by atoms with van der Waals surface area (Å²) in [5.74, 6) is 1.55. The van der Waals surface area contributed by atoms with Gasteiger partial charge in [0.05, 0.1) is 0 Å². The van der Waals surface area contributed by atoms with Crippen LogP contribution in [0.15, 0.2) is 24.3 Å². The van der Waals surface area contributed by atoms with E-state index in [1.54, 1.807) is 0 Å². The van der Waals surface area contributed by atoms with Crippen molar-refractivity contribution in [2.75, 3.05) is 6.54 Å². The number of rotatable bonds is 6. The highest BCUT2D eigenvalue weighted by Crippen LogP contribution is 2.34. The van der Waals surface area contributed by atoms with Crippen molar-refractivity contribution in [3.05, 3.63) is 35.4 Å². The van der Waals surface area contributed by atoms with E-state index >= 15 is 0 Å². The molecule has 1 aromatic carbocycles. The second kappa shape index (κ2) is 8.58. The molecule has 118 valence electrons. The maximum atomic E-state index is 3.78. The summed E-state index contributed by atoms with van der Waals surface area (Å²) in [7, 11) is 0. The van der Waals surface area contributed by atoms with E-state index in [1.165, 1.54) is 56.1 Å². The quantitative estimate of drug-likeness (QED) is 0.681. The molecule has 1 aliphatic rings. The van der Waals surface area contributed by atoms with E-state index < -0.39 is 0 Å². The van der Waals surface area contributed by atoms with Crippen LogP contribution in [0.3, 0.4) is 0 Å². The third-order valence-corrected chi connectivity index (χ3v) is 4.75. The van der Waals surface area contributed by atoms with E-state index in [-0.39, 0.29) is 0 Å². The Kier molecular flexibility index (Phi) is 6.76. The minimum Gasteiger partial charge on any atom is -0.310 e. The highest BCUT2D eigenvalue weighted by molar-refractivity contribution is 5.27. The molecule has 1 aromatic rings. The normalized spacial score (nSPS) is 18.7. The Balaban J connectivity index is 2.16. The molecule has 1 saturated carbocycles. The SMILES string of the molecule is CCNC(c1cccc(CC(C)C)c1)C1CCCCCC1. The van der Waals surface area contributed by atoms with Gasteiger partial charge in [0.2, 0.25) is 0 Å². The van der Waals surface area contributed by atoms with Gasteiger partial charge in [0.1, 0.15) is 0 Å². The molecule has 0 heterocycles. The van der Waals surface area contributed by atoms with E-state index in [9.17, 15) is 0 Å². The molecular weight excluding hydrogens is 254 g/mol. The zero-order chi connectivity index (χ0) is 15.1. The number of hydrogen-bond acceptors (Lipinski definition) is 1. The van der Waals surface area contributed by atoms with Crippen LogP contribution in [-0.4, -0.2) is 6.54 Å². The molecular formula is C20H33N. The summed E-state index contributed by atoms with van der Waals surface area (Å²) in [5, 5.41) is 3.78. The molecule has 1 unspecified atom stereocenters. The first-order chi connectivity index (χ1) is 10.2. The van der Waals surface area contributed by atoms with Crippen molar-refractivity contribution in [3.8, 4) is 0 Å². The molecule has 0 amide bonds. The molecule has 0 spiro atoms. The van der Waals surface area contributed by atoms with Crippen LogP contribution < -0.4 is 5.32 Å². The van der Waals surface area contributed by atoms with Crippen LogP contribution in [-0.2, 0) is 6.42 Å². The van der Waals surface area contributed by atoms with E-state index in [4.69, 9.17) is 0 Å². The molecule has 0 aliphatic heterocycles. The van der Waals surface area contributed by atoms with E-state index in [0.29, 0.717) is 6.04 Å². The van der Waals surface area contributed by atoms with Crippen molar-refractivity contribution in [1.82, 2.24) is 5.32 Å². The zero-order valence-electron chi connectivity index (χ0n) is 14.2. The second-order valence-electron chi connectivity index (χ2n) is 7.13. The average molecular weight is 287 g/mol. The number of hydrogen-bond donors (Lipinski definition) is 1. The molecule has 1 atom stereocenters. The monoisotopic (exact) mass is 287 g/mol. The highest BCUT2D eigenvalue weighted by atomic mass is 14.9. The molecule has 0 radical (unpaired) electrons. The summed E-state index contributed by atoms with van der Waals surface area (Å²) in [4.78, 5) is 0. The lowest BCUT2D eigenvalue weighted by molar-refractivity contribution is 0.330. The van der Waals surface area contributed by atoms with Crippen LogP contribution in [0.1, 0.15) is 76.5 Å². The maximum Gasteiger partial charge on any atom is 0.0348 e. The zero-order valence-corrected chi connectivity index (χ0v) is 14.2. The Labute approximate surface area is 131 Å². The average Bonchev–Trinajstić information content (AvgIpc) is 2.73. The molecule has 1 fully saturated rings. The minimum absolute atomic E-state index is 0.556. The lowest BCUT2D eigenvalue weighted by Crippen LogP contribution is -2.28. The van der Waals surface area contributed by atoms with Gasteiger partial charge in [-0.2, -0.15) is 0 Å². The third-order valence-electron chi connectivity index (χ3n) is 4.75. The molecule has 21 heavy (non-hydrogen) atoms. The van der Waals surface area contributed by atoms with E-state index in [2.05, 4.69) is 50.4 Å². The minimum atomic E-state index is 0.556. The van der Waals surface area contributed by atoms with Crippen LogP contribution in [0, 0.1) is 11.8 Å². The number of benzene rings is 1. The van der Waals surface area contributed by atoms with Gasteiger partial charge in [-0.05, 0) is 48.8 Å². The van der Waals surface area contributed by atoms with Crippen LogP contribution in [0.4, 0.5) is 0 Å². The summed E-state index contributed by atoms with van der Waals surface area (Å²) >= 11 is 0. The summed E-state index contributed by atoms with van der Waals surface area (Å²) in [6.45, 7) is 7.91. The van der Waals surface area contributed by atoms with Gasteiger partial charge in [-0.15, -0.1) is 0 Å². The van der Waals surface area contributed by atoms with E-state index in [1.807, 2.05) is 0 Å². The van der Waals surface area contributed by atoms with Crippen LogP contribution in [0.25, 0.3) is 0 Å². The van der Waals surface area contributed by atoms with Crippen molar-refractivity contribution in [2.45, 2.75) is 71.8 Å². The van der Waals surface area contributed by atoms with Crippen molar-refractivity contribution in [2.24, 2.45) is 11.8 Å². The molecule has 1 N–H and O–H groups in total. The molecule has 1 aliphatic carbocycles. The lowest BCUT2D eigenvalue weighted by Gasteiger charge is -2.28. The molecule has 0 bridgehead atoms. The van der Waals surface area contributed by atoms with Gasteiger partial charge < -0.3 is 5.32 Å². The first-order valence-corrected chi connectivity index (χ1v) is 9.03. The fourth-order valence-corrected chi connectivity index (χ4v) is 3.81. The first-order valence-electron chi connectivity index (χ1n) is 9.03. The fraction of sp³-hybridized carbons (Fsp3) is 0.700. The maximum absolute atomic E-state index is 3.78. The Hall–Kier alpha value is -0.820. The lowest BCUT2D eigenvalue weighted by atomic mass is 9.86. The predicted octanol–water partition coefficient (Wildman–Crippen LogP) is 5.51. The predicted molar refractivity (Wildman–Crippen MR) is 92.6 cm³/mol. The third kappa shape index (κ3) is 5.14. The van der Waals surface area contributed by atoms with Gasteiger partial charge in [0.25, 0.3) is 0 Å². The molecule has 0 saturated heterocycles. The van der Waals surface area contributed by atoms with Gasteiger partial charge in [-0.25, -0.2) is 0 Å². The molecule has 1 nitrogen and oxygen atoms in total.